The maximum absolute atomic E-state index is 11.7. The van der Waals surface area contributed by atoms with Gasteiger partial charge in [0.2, 0.25) is 0 Å². The second-order valence-corrected chi connectivity index (χ2v) is 3.72. The number of ether oxygens (including phenoxy) is 1. The van der Waals surface area contributed by atoms with Crippen LogP contribution in [0.1, 0.15) is 0 Å². The molecular formula is C12H9N5O2. The first-order chi connectivity index (χ1) is 9.33. The third-order valence-corrected chi connectivity index (χ3v) is 2.47. The fourth-order valence-corrected chi connectivity index (χ4v) is 1.65. The molecule has 1 amide bonds. The van der Waals surface area contributed by atoms with E-state index in [1.54, 1.807) is 12.3 Å². The first-order valence-electron chi connectivity index (χ1n) is 5.51. The fourth-order valence-electron chi connectivity index (χ4n) is 1.65. The summed E-state index contributed by atoms with van der Waals surface area (Å²) < 4.78 is 5.02. The average molecular weight is 255 g/mol. The van der Waals surface area contributed by atoms with Crippen molar-refractivity contribution in [3.8, 4) is 5.75 Å². The van der Waals surface area contributed by atoms with Crippen molar-refractivity contribution in [1.82, 2.24) is 20.4 Å². The molecule has 0 spiro atoms. The number of fused-ring (bicyclic) bond motifs is 1. The molecule has 0 radical (unpaired) electrons. The molecule has 2 aromatic heterocycles. The summed E-state index contributed by atoms with van der Waals surface area (Å²) >= 11 is 0. The molecule has 0 unspecified atom stereocenters. The third kappa shape index (κ3) is 2.34. The summed E-state index contributed by atoms with van der Waals surface area (Å²) in [6, 6.07) is 7.25. The number of benzene rings is 1. The number of hydrogen-bond acceptors (Lipinski definition) is 5. The van der Waals surface area contributed by atoms with E-state index in [0.717, 1.165) is 5.39 Å². The van der Waals surface area contributed by atoms with E-state index in [2.05, 4.69) is 25.7 Å². The van der Waals surface area contributed by atoms with Gasteiger partial charge in [0.1, 0.15) is 5.52 Å². The number of nitrogens with one attached hydrogen (secondary N) is 2. The van der Waals surface area contributed by atoms with E-state index in [0.29, 0.717) is 17.0 Å². The standard InChI is InChI=1S/C12H9N5O2/c18-12(19-9-6-14-15-7-9)16-10-3-1-2-8-4-5-13-17-11(8)10/h1-7H,(H,14,15)(H,16,18). The summed E-state index contributed by atoms with van der Waals surface area (Å²) in [4.78, 5) is 11.7. The van der Waals surface area contributed by atoms with Gasteiger partial charge in [-0.05, 0) is 12.1 Å². The van der Waals surface area contributed by atoms with E-state index < -0.39 is 6.09 Å². The lowest BCUT2D eigenvalue weighted by Crippen LogP contribution is -2.16. The predicted molar refractivity (Wildman–Crippen MR) is 67.8 cm³/mol. The number of hydrogen-bond donors (Lipinski definition) is 2. The van der Waals surface area contributed by atoms with E-state index in [4.69, 9.17) is 4.74 Å². The lowest BCUT2D eigenvalue weighted by Gasteiger charge is -2.06. The van der Waals surface area contributed by atoms with Crippen LogP contribution in [0.2, 0.25) is 0 Å². The highest BCUT2D eigenvalue weighted by atomic mass is 16.6. The van der Waals surface area contributed by atoms with Gasteiger partial charge in [-0.25, -0.2) is 4.79 Å². The Hall–Kier alpha value is -2.96. The molecule has 1 aromatic carbocycles. The van der Waals surface area contributed by atoms with Crippen LogP contribution >= 0.6 is 0 Å². The molecule has 2 heterocycles. The Morgan fingerprint density at radius 3 is 3.11 bits per heavy atom. The number of amides is 1. The van der Waals surface area contributed by atoms with Crippen molar-refractivity contribution < 1.29 is 9.53 Å². The third-order valence-electron chi connectivity index (χ3n) is 2.47. The number of nitrogens with zero attached hydrogens (tertiary/aromatic N) is 3. The molecule has 0 saturated heterocycles. The molecule has 2 N–H and O–H groups in total. The molecule has 3 aromatic rings. The summed E-state index contributed by atoms with van der Waals surface area (Å²) in [5, 5.41) is 17.5. The normalized spacial score (nSPS) is 10.3. The lowest BCUT2D eigenvalue weighted by atomic mass is 10.2. The molecule has 7 nitrogen and oxygen atoms in total. The second-order valence-electron chi connectivity index (χ2n) is 3.72. The van der Waals surface area contributed by atoms with Crippen LogP contribution < -0.4 is 10.1 Å². The van der Waals surface area contributed by atoms with Crippen molar-refractivity contribution >= 4 is 22.7 Å². The molecule has 94 valence electrons. The van der Waals surface area contributed by atoms with E-state index in [1.165, 1.54) is 12.4 Å². The van der Waals surface area contributed by atoms with Crippen LogP contribution in [0.4, 0.5) is 10.5 Å². The van der Waals surface area contributed by atoms with Crippen LogP contribution in [-0.4, -0.2) is 26.5 Å². The molecule has 0 aliphatic carbocycles. The smallest absolute Gasteiger partial charge is 0.407 e. The predicted octanol–water partition coefficient (Wildman–Crippen LogP) is 1.96. The van der Waals surface area contributed by atoms with Gasteiger partial charge < -0.3 is 4.74 Å². The molecule has 19 heavy (non-hydrogen) atoms. The van der Waals surface area contributed by atoms with E-state index in [1.807, 2.05) is 18.2 Å². The molecule has 7 heteroatoms. The number of aromatic amines is 1. The minimum atomic E-state index is -0.612. The summed E-state index contributed by atoms with van der Waals surface area (Å²) in [6.07, 6.45) is 3.86. The zero-order valence-electron chi connectivity index (χ0n) is 9.70. The Balaban J connectivity index is 1.83. The van der Waals surface area contributed by atoms with Gasteiger partial charge in [0, 0.05) is 5.39 Å². The van der Waals surface area contributed by atoms with Crippen molar-refractivity contribution in [2.45, 2.75) is 0 Å². The summed E-state index contributed by atoms with van der Waals surface area (Å²) in [5.74, 6) is 0.337. The van der Waals surface area contributed by atoms with Crippen LogP contribution in [0.3, 0.4) is 0 Å². The highest BCUT2D eigenvalue weighted by molar-refractivity contribution is 5.97. The maximum Gasteiger partial charge on any atom is 0.417 e. The second kappa shape index (κ2) is 4.73. The van der Waals surface area contributed by atoms with Gasteiger partial charge in [0.15, 0.2) is 5.75 Å². The monoisotopic (exact) mass is 255 g/mol. The van der Waals surface area contributed by atoms with Crippen LogP contribution in [0.25, 0.3) is 10.9 Å². The largest absolute Gasteiger partial charge is 0.417 e. The Morgan fingerprint density at radius 1 is 1.32 bits per heavy atom. The summed E-state index contributed by atoms with van der Waals surface area (Å²) in [6.45, 7) is 0. The van der Waals surface area contributed by atoms with Gasteiger partial charge in [-0.3, -0.25) is 10.4 Å². The van der Waals surface area contributed by atoms with Gasteiger partial charge in [-0.1, -0.05) is 12.1 Å². The van der Waals surface area contributed by atoms with Crippen LogP contribution in [0, 0.1) is 0 Å². The van der Waals surface area contributed by atoms with Crippen molar-refractivity contribution in [1.29, 1.82) is 0 Å². The quantitative estimate of drug-likeness (QED) is 0.730. The average Bonchev–Trinajstić information content (AvgIpc) is 2.92. The molecule has 0 saturated carbocycles. The molecule has 0 bridgehead atoms. The molecule has 3 rings (SSSR count). The molecular weight excluding hydrogens is 246 g/mol. The Bertz CT molecular complexity index is 706. The minimum Gasteiger partial charge on any atom is -0.407 e. The van der Waals surface area contributed by atoms with Crippen LogP contribution in [0.5, 0.6) is 5.75 Å². The Labute approximate surface area is 107 Å². The number of carbonyl (C=O) groups is 1. The highest BCUT2D eigenvalue weighted by Gasteiger charge is 2.09. The van der Waals surface area contributed by atoms with Crippen LogP contribution in [-0.2, 0) is 0 Å². The summed E-state index contributed by atoms with van der Waals surface area (Å²) in [5.41, 5.74) is 1.15. The van der Waals surface area contributed by atoms with E-state index in [9.17, 15) is 4.79 Å². The van der Waals surface area contributed by atoms with Crippen molar-refractivity contribution in [2.75, 3.05) is 5.32 Å². The Morgan fingerprint density at radius 2 is 2.26 bits per heavy atom. The van der Waals surface area contributed by atoms with Gasteiger partial charge in [-0.15, -0.1) is 5.10 Å². The zero-order valence-corrected chi connectivity index (χ0v) is 9.70. The number of aromatic nitrogens is 4. The van der Waals surface area contributed by atoms with Crippen molar-refractivity contribution in [2.24, 2.45) is 0 Å². The minimum absolute atomic E-state index is 0.337. The topological polar surface area (TPSA) is 92.8 Å². The molecule has 0 fully saturated rings. The lowest BCUT2D eigenvalue weighted by molar-refractivity contribution is 0.215. The number of carbonyl (C=O) groups excluding carboxylic acids is 1. The first kappa shape index (κ1) is 11.1. The number of anilines is 1. The highest BCUT2D eigenvalue weighted by Crippen LogP contribution is 2.20. The number of rotatable bonds is 2. The van der Waals surface area contributed by atoms with Crippen molar-refractivity contribution in [3.05, 3.63) is 42.9 Å². The first-order valence-corrected chi connectivity index (χ1v) is 5.51. The van der Waals surface area contributed by atoms with Gasteiger partial charge in [0.05, 0.1) is 24.3 Å². The number of H-pyrrole nitrogens is 1. The van der Waals surface area contributed by atoms with Crippen molar-refractivity contribution in [3.63, 3.8) is 0 Å². The van der Waals surface area contributed by atoms with Gasteiger partial charge in [-0.2, -0.15) is 10.2 Å². The fraction of sp³-hybridized carbons (Fsp3) is 0. The molecule has 0 aliphatic heterocycles. The Kier molecular flexibility index (Phi) is 2.77. The van der Waals surface area contributed by atoms with Crippen LogP contribution in [0.15, 0.2) is 42.9 Å². The summed E-state index contributed by atoms with van der Waals surface area (Å²) in [7, 11) is 0. The van der Waals surface area contributed by atoms with Gasteiger partial charge >= 0.3 is 6.09 Å². The molecule has 0 aliphatic rings. The van der Waals surface area contributed by atoms with Gasteiger partial charge in [0.25, 0.3) is 0 Å². The van der Waals surface area contributed by atoms with E-state index >= 15 is 0 Å². The molecule has 0 atom stereocenters. The van der Waals surface area contributed by atoms with E-state index in [-0.39, 0.29) is 0 Å². The maximum atomic E-state index is 11.7. The zero-order chi connectivity index (χ0) is 13.1. The SMILES string of the molecule is O=C(Nc1cccc2ccnnc12)Oc1cn[nH]c1.